The van der Waals surface area contributed by atoms with Crippen molar-refractivity contribution in [3.05, 3.63) is 16.4 Å². The number of halogens is 1. The maximum atomic E-state index is 8.59. The van der Waals surface area contributed by atoms with Crippen molar-refractivity contribution in [2.24, 2.45) is 7.05 Å². The molecule has 0 radical (unpaired) electrons. The average molecular weight is 249 g/mol. The van der Waals surface area contributed by atoms with E-state index in [2.05, 4.69) is 21.0 Å². The Morgan fingerprint density at radius 3 is 2.92 bits per heavy atom. The van der Waals surface area contributed by atoms with Crippen LogP contribution in [0.1, 0.15) is 18.7 Å². The van der Waals surface area contributed by atoms with Gasteiger partial charge in [0, 0.05) is 7.05 Å². The van der Waals surface area contributed by atoms with Gasteiger partial charge in [0.15, 0.2) is 0 Å². The molecule has 1 rings (SSSR count). The minimum atomic E-state index is -0.0611. The quantitative estimate of drug-likeness (QED) is 0.873. The Labute approximate surface area is 85.6 Å². The minimum absolute atomic E-state index is 0.0415. The number of nitrogens with zero attached hydrogens (tertiary/aromatic N) is 2. The molecule has 1 atom stereocenters. The van der Waals surface area contributed by atoms with Gasteiger partial charge in [-0.15, -0.1) is 0 Å². The predicted molar refractivity (Wildman–Crippen MR) is 52.4 cm³/mol. The lowest BCUT2D eigenvalue weighted by molar-refractivity contribution is 0.0338. The van der Waals surface area contributed by atoms with Crippen LogP contribution in [-0.4, -0.2) is 28.1 Å². The number of aromatic nitrogens is 2. The molecule has 0 unspecified atom stereocenters. The molecule has 1 heterocycles. The van der Waals surface area contributed by atoms with E-state index in [1.54, 1.807) is 10.9 Å². The third-order valence-corrected chi connectivity index (χ3v) is 2.39. The van der Waals surface area contributed by atoms with Crippen LogP contribution in [0.4, 0.5) is 0 Å². The fourth-order valence-corrected chi connectivity index (χ4v) is 1.86. The van der Waals surface area contributed by atoms with Gasteiger partial charge < -0.3 is 9.84 Å². The summed E-state index contributed by atoms with van der Waals surface area (Å²) in [6.45, 7) is 2.32. The monoisotopic (exact) mass is 248 g/mol. The van der Waals surface area contributed by atoms with Crippen molar-refractivity contribution in [2.75, 3.05) is 13.2 Å². The van der Waals surface area contributed by atoms with Crippen molar-refractivity contribution in [3.63, 3.8) is 0 Å². The number of rotatable bonds is 4. The number of aliphatic hydroxyl groups is 1. The predicted octanol–water partition coefficient (Wildman–Crippen LogP) is 1.25. The molecule has 0 aliphatic heterocycles. The van der Waals surface area contributed by atoms with Crippen molar-refractivity contribution in [2.45, 2.75) is 13.0 Å². The zero-order valence-electron chi connectivity index (χ0n) is 7.70. The van der Waals surface area contributed by atoms with Gasteiger partial charge in [0.2, 0.25) is 0 Å². The Balaban J connectivity index is 2.69. The lowest BCUT2D eigenvalue weighted by Gasteiger charge is -2.12. The average Bonchev–Trinajstić information content (AvgIpc) is 2.42. The van der Waals surface area contributed by atoms with E-state index in [0.29, 0.717) is 6.61 Å². The first-order chi connectivity index (χ1) is 6.16. The van der Waals surface area contributed by atoms with Gasteiger partial charge in [0.05, 0.1) is 35.7 Å². The number of aliphatic hydroxyl groups excluding tert-OH is 1. The van der Waals surface area contributed by atoms with Crippen LogP contribution in [0.3, 0.4) is 0 Å². The van der Waals surface area contributed by atoms with E-state index in [0.717, 1.165) is 10.2 Å². The summed E-state index contributed by atoms with van der Waals surface area (Å²) in [5.41, 5.74) is 0.980. The molecule has 0 spiro atoms. The van der Waals surface area contributed by atoms with Gasteiger partial charge in [0.1, 0.15) is 0 Å². The number of hydrogen-bond donors (Lipinski definition) is 1. The van der Waals surface area contributed by atoms with Gasteiger partial charge in [-0.3, -0.25) is 4.68 Å². The summed E-state index contributed by atoms with van der Waals surface area (Å²) in [6, 6.07) is 0. The van der Waals surface area contributed by atoms with E-state index in [4.69, 9.17) is 9.84 Å². The summed E-state index contributed by atoms with van der Waals surface area (Å²) in [5, 5.41) is 12.7. The zero-order chi connectivity index (χ0) is 9.84. The van der Waals surface area contributed by atoms with Crippen molar-refractivity contribution in [1.29, 1.82) is 0 Å². The maximum absolute atomic E-state index is 8.59. The molecule has 4 nitrogen and oxygen atoms in total. The second-order valence-corrected chi connectivity index (χ2v) is 3.59. The molecule has 0 saturated heterocycles. The maximum Gasteiger partial charge on any atom is 0.0975 e. The molecule has 13 heavy (non-hydrogen) atoms. The summed E-state index contributed by atoms with van der Waals surface area (Å²) in [4.78, 5) is 0. The van der Waals surface area contributed by atoms with E-state index < -0.39 is 0 Å². The highest BCUT2D eigenvalue weighted by atomic mass is 79.9. The SMILES string of the molecule is C[C@@H](OCCO)c1c(Br)cnn1C. The number of aryl methyl sites for hydroxylation is 1. The summed E-state index contributed by atoms with van der Waals surface area (Å²) >= 11 is 3.38. The summed E-state index contributed by atoms with van der Waals surface area (Å²) in [6.07, 6.45) is 1.67. The molecule has 74 valence electrons. The second kappa shape index (κ2) is 4.74. The Morgan fingerprint density at radius 2 is 2.46 bits per heavy atom. The molecule has 0 saturated carbocycles. The highest BCUT2D eigenvalue weighted by molar-refractivity contribution is 9.10. The van der Waals surface area contributed by atoms with E-state index in [1.807, 2.05) is 14.0 Å². The molecule has 0 amide bonds. The number of ether oxygens (including phenoxy) is 1. The van der Waals surface area contributed by atoms with Gasteiger partial charge in [0.25, 0.3) is 0 Å². The van der Waals surface area contributed by atoms with Crippen molar-refractivity contribution in [3.8, 4) is 0 Å². The molecule has 1 aromatic rings. The Hall–Kier alpha value is -0.390. The molecule has 0 bridgehead atoms. The molecular formula is C8H13BrN2O2. The lowest BCUT2D eigenvalue weighted by atomic mass is 10.3. The second-order valence-electron chi connectivity index (χ2n) is 2.74. The smallest absolute Gasteiger partial charge is 0.0975 e. The van der Waals surface area contributed by atoms with Crippen LogP contribution >= 0.6 is 15.9 Å². The largest absolute Gasteiger partial charge is 0.394 e. The van der Waals surface area contributed by atoms with Gasteiger partial charge >= 0.3 is 0 Å². The molecule has 0 aromatic carbocycles. The molecule has 1 N–H and O–H groups in total. The van der Waals surface area contributed by atoms with Crippen LogP contribution in [-0.2, 0) is 11.8 Å². The van der Waals surface area contributed by atoms with Gasteiger partial charge in [-0.05, 0) is 22.9 Å². The van der Waals surface area contributed by atoms with E-state index in [1.165, 1.54) is 0 Å². The highest BCUT2D eigenvalue weighted by Crippen LogP contribution is 2.24. The van der Waals surface area contributed by atoms with E-state index >= 15 is 0 Å². The molecule has 0 fully saturated rings. The van der Waals surface area contributed by atoms with Gasteiger partial charge in [-0.2, -0.15) is 5.10 Å². The van der Waals surface area contributed by atoms with Crippen LogP contribution in [0.25, 0.3) is 0 Å². The molecule has 1 aromatic heterocycles. The Kier molecular flexibility index (Phi) is 3.90. The van der Waals surface area contributed by atoms with Crippen LogP contribution in [0.5, 0.6) is 0 Å². The standard InChI is InChI=1S/C8H13BrN2O2/c1-6(13-4-3-12)8-7(9)5-10-11(8)2/h5-6,12H,3-4H2,1-2H3/t6-/m1/s1. The highest BCUT2D eigenvalue weighted by Gasteiger charge is 2.13. The van der Waals surface area contributed by atoms with Crippen LogP contribution in [0, 0.1) is 0 Å². The summed E-state index contributed by atoms with van der Waals surface area (Å²) in [7, 11) is 1.86. The molecule has 0 aliphatic carbocycles. The Bertz CT molecular complexity index is 256. The van der Waals surface area contributed by atoms with Crippen molar-refractivity contribution in [1.82, 2.24) is 9.78 Å². The molecule has 5 heteroatoms. The fourth-order valence-electron chi connectivity index (χ4n) is 1.19. The first kappa shape index (κ1) is 10.7. The first-order valence-corrected chi connectivity index (χ1v) is 4.86. The Morgan fingerprint density at radius 1 is 1.77 bits per heavy atom. The summed E-state index contributed by atoms with van der Waals surface area (Å²) in [5.74, 6) is 0. The summed E-state index contributed by atoms with van der Waals surface area (Å²) < 4.78 is 8.04. The van der Waals surface area contributed by atoms with Crippen molar-refractivity contribution >= 4 is 15.9 Å². The molecule has 0 aliphatic rings. The van der Waals surface area contributed by atoms with Crippen LogP contribution < -0.4 is 0 Å². The first-order valence-electron chi connectivity index (χ1n) is 4.06. The lowest BCUT2D eigenvalue weighted by Crippen LogP contribution is -2.09. The van der Waals surface area contributed by atoms with Crippen LogP contribution in [0.2, 0.25) is 0 Å². The van der Waals surface area contributed by atoms with E-state index in [9.17, 15) is 0 Å². The topological polar surface area (TPSA) is 47.3 Å². The van der Waals surface area contributed by atoms with Gasteiger partial charge in [-0.25, -0.2) is 0 Å². The fraction of sp³-hybridized carbons (Fsp3) is 0.625. The van der Waals surface area contributed by atoms with Gasteiger partial charge in [-0.1, -0.05) is 0 Å². The third kappa shape index (κ3) is 2.52. The molecular weight excluding hydrogens is 236 g/mol. The third-order valence-electron chi connectivity index (χ3n) is 1.78. The minimum Gasteiger partial charge on any atom is -0.394 e. The van der Waals surface area contributed by atoms with Crippen molar-refractivity contribution < 1.29 is 9.84 Å². The van der Waals surface area contributed by atoms with Crippen LogP contribution in [0.15, 0.2) is 10.7 Å². The zero-order valence-corrected chi connectivity index (χ0v) is 9.28. The normalized spacial score (nSPS) is 13.2. The number of hydrogen-bond acceptors (Lipinski definition) is 3. The van der Waals surface area contributed by atoms with E-state index in [-0.39, 0.29) is 12.7 Å².